The van der Waals surface area contributed by atoms with Gasteiger partial charge in [0.25, 0.3) is 0 Å². The van der Waals surface area contributed by atoms with Gasteiger partial charge in [-0.15, -0.1) is 0 Å². The first-order chi connectivity index (χ1) is 11.0. The predicted molar refractivity (Wildman–Crippen MR) is 110 cm³/mol. The summed E-state index contributed by atoms with van der Waals surface area (Å²) < 4.78 is 8.22. The standard InChI is InChI=1S/C10H23NS.C7H17NS2.O.Tc/c1-9(2,3)11(7-8-12)10(4,5)6;1-2-3-8(4-6-9)5-7-10;;/h12H,7-8H2,1-6H3;9-10H,2-7H2,1H3;;/q;;;+3/p-3. The van der Waals surface area contributed by atoms with Gasteiger partial charge in [0.15, 0.2) is 0 Å². The van der Waals surface area contributed by atoms with Gasteiger partial charge in [0.2, 0.25) is 0 Å². The van der Waals surface area contributed by atoms with Crippen molar-refractivity contribution in [2.45, 2.75) is 66.0 Å². The average Bonchev–Trinajstić information content (AvgIpc) is 2.46. The number of hydrogen-bond donors (Lipinski definition) is 0. The molecule has 0 aliphatic heterocycles. The minimum absolute atomic E-state index is 0.219. The third-order valence-corrected chi connectivity index (χ3v) is 3.84. The first-order valence-corrected chi connectivity index (χ1v) is 10.9. The van der Waals surface area contributed by atoms with E-state index in [1.807, 2.05) is 0 Å². The zero-order chi connectivity index (χ0) is 19.8. The number of hydrogen-bond acceptors (Lipinski definition) is 6. The van der Waals surface area contributed by atoms with Gasteiger partial charge in [-0.05, 0) is 74.1 Å². The fourth-order valence-corrected chi connectivity index (χ4v) is 3.38. The van der Waals surface area contributed by atoms with Crippen molar-refractivity contribution < 1.29 is 22.4 Å². The molecule has 0 saturated heterocycles. The van der Waals surface area contributed by atoms with E-state index in [0.717, 1.165) is 62.3 Å². The van der Waals surface area contributed by atoms with E-state index in [4.69, 9.17) is 41.4 Å². The molecule has 0 amide bonds. The van der Waals surface area contributed by atoms with Gasteiger partial charge in [-0.25, -0.2) is 0 Å². The second kappa shape index (κ2) is 17.8. The van der Waals surface area contributed by atoms with Gasteiger partial charge in [-0.2, -0.15) is 17.3 Å². The molecule has 24 heavy (non-hydrogen) atoms. The number of nitrogens with zero attached hydrogens (tertiary/aromatic N) is 2. The molecule has 0 radical (unpaired) electrons. The van der Waals surface area contributed by atoms with E-state index in [-0.39, 0.29) is 11.1 Å². The molecule has 0 heterocycles. The molecule has 0 aliphatic rings. The Morgan fingerprint density at radius 3 is 1.21 bits per heavy atom. The predicted octanol–water partition coefficient (Wildman–Crippen LogP) is 3.10. The molecule has 0 unspecified atom stereocenters. The minimum atomic E-state index is 0.219. The van der Waals surface area contributed by atoms with Crippen molar-refractivity contribution in [3.63, 3.8) is 0 Å². The summed E-state index contributed by atoms with van der Waals surface area (Å²) in [6, 6.07) is 0. The van der Waals surface area contributed by atoms with Crippen LogP contribution in [0.25, 0.3) is 0 Å². The van der Waals surface area contributed by atoms with Crippen LogP contribution in [-0.4, -0.2) is 64.3 Å². The monoisotopic (exact) mass is 478 g/mol. The maximum atomic E-state index is 8.22. The van der Waals surface area contributed by atoms with Gasteiger partial charge >= 0.3 is 22.4 Å². The second-order valence-corrected chi connectivity index (χ2v) is 8.67. The fraction of sp³-hybridized carbons (Fsp3) is 1.00. The normalized spacial score (nSPS) is 11.6. The molecule has 0 saturated carbocycles. The Kier molecular flexibility index (Phi) is 22.4. The number of rotatable bonds is 8. The Balaban J connectivity index is -0.000000337. The molecular formula is C17H37N2OS3Tc. The van der Waals surface area contributed by atoms with E-state index in [9.17, 15) is 0 Å². The van der Waals surface area contributed by atoms with E-state index < -0.39 is 0 Å². The topological polar surface area (TPSA) is 23.6 Å². The van der Waals surface area contributed by atoms with E-state index in [1.54, 1.807) is 0 Å². The summed E-state index contributed by atoms with van der Waals surface area (Å²) in [6.45, 7) is 19.8. The zero-order valence-corrected chi connectivity index (χ0v) is 20.9. The van der Waals surface area contributed by atoms with Crippen molar-refractivity contribution in [3.8, 4) is 0 Å². The molecule has 0 aliphatic carbocycles. The molecule has 0 N–H and O–H groups in total. The van der Waals surface area contributed by atoms with Crippen molar-refractivity contribution in [1.29, 1.82) is 0 Å². The molecular weight excluding hydrogens is 442 g/mol. The molecule has 146 valence electrons. The van der Waals surface area contributed by atoms with Gasteiger partial charge in [-0.3, -0.25) is 4.90 Å². The molecule has 0 bridgehead atoms. The molecule has 0 spiro atoms. The molecule has 0 aromatic rings. The SMILES string of the molecule is CC(C)(C)N(CC[S-])C(C)(C)C.CCCN(CC[S-])CC[S-].[O]=[Tc+3]. The summed E-state index contributed by atoms with van der Waals surface area (Å²) in [7, 11) is 0. The quantitative estimate of drug-likeness (QED) is 0.496. The molecule has 0 rings (SSSR count). The van der Waals surface area contributed by atoms with Crippen LogP contribution in [0.3, 0.4) is 0 Å². The Hall–Kier alpha value is 1.42. The van der Waals surface area contributed by atoms with Gasteiger partial charge in [0, 0.05) is 11.1 Å². The Morgan fingerprint density at radius 2 is 1.04 bits per heavy atom. The molecule has 0 aromatic heterocycles. The second-order valence-electron chi connectivity index (χ2n) is 7.45. The molecule has 0 atom stereocenters. The van der Waals surface area contributed by atoms with Crippen LogP contribution in [0.2, 0.25) is 0 Å². The van der Waals surface area contributed by atoms with Crippen LogP contribution in [0.4, 0.5) is 0 Å². The van der Waals surface area contributed by atoms with Crippen LogP contribution < -0.4 is 0 Å². The van der Waals surface area contributed by atoms with Gasteiger partial charge < -0.3 is 42.8 Å². The summed E-state index contributed by atoms with van der Waals surface area (Å²) in [6.07, 6.45) is 1.20. The van der Waals surface area contributed by atoms with Gasteiger partial charge in [0.1, 0.15) is 0 Å². The molecule has 3 nitrogen and oxygen atoms in total. The van der Waals surface area contributed by atoms with Crippen molar-refractivity contribution in [1.82, 2.24) is 9.80 Å². The van der Waals surface area contributed by atoms with Crippen LogP contribution in [-0.2, 0) is 60.2 Å². The van der Waals surface area contributed by atoms with E-state index >= 15 is 0 Å². The fourth-order valence-electron chi connectivity index (χ4n) is 2.68. The summed E-state index contributed by atoms with van der Waals surface area (Å²) in [5.74, 6) is 2.47. The summed E-state index contributed by atoms with van der Waals surface area (Å²) in [4.78, 5) is 4.78. The van der Waals surface area contributed by atoms with Crippen molar-refractivity contribution in [2.24, 2.45) is 0 Å². The molecule has 0 aromatic carbocycles. The zero-order valence-electron chi connectivity index (χ0n) is 16.6. The van der Waals surface area contributed by atoms with Crippen LogP contribution in [0.1, 0.15) is 54.9 Å². The van der Waals surface area contributed by atoms with Gasteiger partial charge in [0.05, 0.1) is 0 Å². The van der Waals surface area contributed by atoms with Crippen LogP contribution in [0.15, 0.2) is 0 Å². The third-order valence-electron chi connectivity index (χ3n) is 3.29. The van der Waals surface area contributed by atoms with Crippen LogP contribution in [0, 0.1) is 0 Å². The van der Waals surface area contributed by atoms with Gasteiger partial charge in [-0.1, -0.05) is 6.92 Å². The maximum absolute atomic E-state index is 8.22. The first kappa shape index (κ1) is 30.2. The summed E-state index contributed by atoms with van der Waals surface area (Å²) >= 11 is 15.7. The summed E-state index contributed by atoms with van der Waals surface area (Å²) in [5, 5.41) is 0. The van der Waals surface area contributed by atoms with Crippen molar-refractivity contribution in [2.75, 3.05) is 43.4 Å². The van der Waals surface area contributed by atoms with Crippen LogP contribution in [0.5, 0.6) is 0 Å². The first-order valence-electron chi connectivity index (χ1n) is 8.44. The average molecular weight is 480 g/mol. The Bertz CT molecular complexity index is 243. The van der Waals surface area contributed by atoms with E-state index in [2.05, 4.69) is 58.3 Å². The third kappa shape index (κ3) is 18.2. The van der Waals surface area contributed by atoms with E-state index in [0.29, 0.717) is 0 Å². The Morgan fingerprint density at radius 1 is 0.708 bits per heavy atom. The van der Waals surface area contributed by atoms with Crippen molar-refractivity contribution in [3.05, 3.63) is 0 Å². The summed E-state index contributed by atoms with van der Waals surface area (Å²) in [5.41, 5.74) is 0.439. The molecule has 0 fully saturated rings. The molecule has 7 heteroatoms. The van der Waals surface area contributed by atoms with Crippen molar-refractivity contribution >= 4 is 37.9 Å². The Labute approximate surface area is 178 Å². The van der Waals surface area contributed by atoms with E-state index in [1.165, 1.54) is 6.42 Å². The van der Waals surface area contributed by atoms with Crippen LogP contribution >= 0.6 is 0 Å².